The fourth-order valence-corrected chi connectivity index (χ4v) is 3.39. The second kappa shape index (κ2) is 6.66. The van der Waals surface area contributed by atoms with Crippen LogP contribution in [-0.2, 0) is 4.74 Å². The smallest absolute Gasteiger partial charge is 0.261 e. The molecular weight excluding hydrogens is 310 g/mol. The summed E-state index contributed by atoms with van der Waals surface area (Å²) in [5.74, 6) is -0.308. The van der Waals surface area contributed by atoms with E-state index in [2.05, 4.69) is 9.88 Å². The molecule has 0 bridgehead atoms. The molecule has 1 aromatic rings. The number of likely N-dealkylation sites (tertiary alicyclic amines) is 1. The molecule has 1 amide bonds. The van der Waals surface area contributed by atoms with E-state index < -0.39 is 5.60 Å². The van der Waals surface area contributed by atoms with E-state index >= 15 is 0 Å². The van der Waals surface area contributed by atoms with Crippen LogP contribution in [0.5, 0.6) is 0 Å². The number of aliphatic hydroxyl groups is 1. The number of aryl methyl sites for hydroxylation is 2. The van der Waals surface area contributed by atoms with Gasteiger partial charge in [-0.25, -0.2) is 0 Å². The maximum absolute atomic E-state index is 12.7. The topological polar surface area (TPSA) is 85.9 Å². The number of carbonyl (C=O) groups excluding carboxylic acids is 1. The largest absolute Gasteiger partial charge is 0.387 e. The number of ether oxygens (including phenoxy) is 1. The summed E-state index contributed by atoms with van der Waals surface area (Å²) in [6.45, 7) is 7.88. The van der Waals surface area contributed by atoms with Gasteiger partial charge in [0.05, 0.1) is 25.4 Å². The summed E-state index contributed by atoms with van der Waals surface area (Å²) in [5.41, 5.74) is 0.502. The maximum atomic E-state index is 12.7. The van der Waals surface area contributed by atoms with E-state index in [1.54, 1.807) is 11.0 Å². The number of hydrogen-bond acceptors (Lipinski definition) is 5. The van der Waals surface area contributed by atoms with Crippen molar-refractivity contribution >= 4 is 5.91 Å². The van der Waals surface area contributed by atoms with Crippen LogP contribution >= 0.6 is 0 Å². The second-order valence-corrected chi connectivity index (χ2v) is 6.91. The molecule has 7 heteroatoms. The fraction of sp³-hybridized carbons (Fsp3) is 0.647. The number of amides is 1. The fourth-order valence-electron chi connectivity index (χ4n) is 3.39. The van der Waals surface area contributed by atoms with Crippen molar-refractivity contribution in [1.82, 2.24) is 14.8 Å². The van der Waals surface area contributed by atoms with Gasteiger partial charge in [0.15, 0.2) is 0 Å². The molecule has 0 aromatic carbocycles. The van der Waals surface area contributed by atoms with E-state index in [1.807, 2.05) is 13.8 Å². The van der Waals surface area contributed by atoms with Crippen LogP contribution in [0, 0.1) is 13.8 Å². The molecule has 2 aliphatic heterocycles. The van der Waals surface area contributed by atoms with Gasteiger partial charge in [-0.05, 0) is 31.9 Å². The van der Waals surface area contributed by atoms with Gasteiger partial charge in [-0.1, -0.05) is 0 Å². The molecule has 2 fully saturated rings. The first-order valence-corrected chi connectivity index (χ1v) is 8.40. The van der Waals surface area contributed by atoms with Crippen molar-refractivity contribution in [3.8, 4) is 0 Å². The molecule has 2 aliphatic rings. The first kappa shape index (κ1) is 17.1. The first-order chi connectivity index (χ1) is 11.4. The first-order valence-electron chi connectivity index (χ1n) is 8.40. The average molecular weight is 335 g/mol. The second-order valence-electron chi connectivity index (χ2n) is 6.91. The Morgan fingerprint density at radius 1 is 1.33 bits per heavy atom. The zero-order valence-electron chi connectivity index (χ0n) is 14.3. The van der Waals surface area contributed by atoms with E-state index in [0.29, 0.717) is 32.7 Å². The number of hydrogen-bond donors (Lipinski definition) is 2. The molecule has 132 valence electrons. The molecule has 1 atom stereocenters. The van der Waals surface area contributed by atoms with Gasteiger partial charge in [-0.3, -0.25) is 14.5 Å². The van der Waals surface area contributed by atoms with E-state index in [4.69, 9.17) is 4.74 Å². The minimum Gasteiger partial charge on any atom is -0.387 e. The summed E-state index contributed by atoms with van der Waals surface area (Å²) >= 11 is 0. The Bertz CT molecular complexity index is 681. The van der Waals surface area contributed by atoms with Gasteiger partial charge < -0.3 is 19.7 Å². The highest BCUT2D eigenvalue weighted by Gasteiger charge is 2.40. The molecule has 7 nitrogen and oxygen atoms in total. The van der Waals surface area contributed by atoms with Crippen LogP contribution in [0.15, 0.2) is 10.9 Å². The molecular formula is C17H25N3O4. The van der Waals surface area contributed by atoms with E-state index in [9.17, 15) is 14.7 Å². The molecule has 2 N–H and O–H groups in total. The number of rotatable bonds is 3. The third-order valence-electron chi connectivity index (χ3n) is 4.97. The number of nitrogens with zero attached hydrogens (tertiary/aromatic N) is 2. The molecule has 0 radical (unpaired) electrons. The standard InChI is InChI=1S/C17H25N3O4/c1-12-9-14(15(21)18-13(12)2)16(22)20-4-3-17(23,11-20)10-19-5-7-24-8-6-19/h9,23H,3-8,10-11H2,1-2H3,(H,18,21). The highest BCUT2D eigenvalue weighted by Crippen LogP contribution is 2.24. The van der Waals surface area contributed by atoms with E-state index in [-0.39, 0.29) is 23.6 Å². The number of carbonyl (C=O) groups is 1. The van der Waals surface area contributed by atoms with Crippen LogP contribution in [0.25, 0.3) is 0 Å². The van der Waals surface area contributed by atoms with Crippen molar-refractivity contribution in [1.29, 1.82) is 0 Å². The monoisotopic (exact) mass is 335 g/mol. The minimum absolute atomic E-state index is 0.147. The summed E-state index contributed by atoms with van der Waals surface area (Å²) in [5, 5.41) is 10.8. The van der Waals surface area contributed by atoms with Crippen LogP contribution in [0.3, 0.4) is 0 Å². The third kappa shape index (κ3) is 3.53. The highest BCUT2D eigenvalue weighted by atomic mass is 16.5. The van der Waals surface area contributed by atoms with Gasteiger partial charge >= 0.3 is 0 Å². The Morgan fingerprint density at radius 2 is 2.04 bits per heavy atom. The van der Waals surface area contributed by atoms with Gasteiger partial charge in [0.25, 0.3) is 11.5 Å². The van der Waals surface area contributed by atoms with Gasteiger partial charge in [-0.2, -0.15) is 0 Å². The van der Waals surface area contributed by atoms with Gasteiger partial charge in [0, 0.05) is 31.9 Å². The molecule has 24 heavy (non-hydrogen) atoms. The number of β-amino-alcohol motifs (C(OH)–C–C–N with tert-alkyl or cyclic N) is 1. The van der Waals surface area contributed by atoms with Crippen molar-refractivity contribution in [3.63, 3.8) is 0 Å². The summed E-state index contributed by atoms with van der Waals surface area (Å²) in [4.78, 5) is 31.2. The number of nitrogens with one attached hydrogen (secondary N) is 1. The molecule has 0 aliphatic carbocycles. The summed E-state index contributed by atoms with van der Waals surface area (Å²) in [7, 11) is 0. The quantitative estimate of drug-likeness (QED) is 0.806. The zero-order chi connectivity index (χ0) is 17.3. The van der Waals surface area contributed by atoms with Crippen LogP contribution in [0.1, 0.15) is 28.0 Å². The molecule has 1 aromatic heterocycles. The Morgan fingerprint density at radius 3 is 2.75 bits per heavy atom. The number of morpholine rings is 1. The van der Waals surface area contributed by atoms with Gasteiger partial charge in [0.1, 0.15) is 5.56 Å². The van der Waals surface area contributed by atoms with Crippen LogP contribution in [0.4, 0.5) is 0 Å². The third-order valence-corrected chi connectivity index (χ3v) is 4.97. The molecule has 3 rings (SSSR count). The zero-order valence-corrected chi connectivity index (χ0v) is 14.3. The van der Waals surface area contributed by atoms with Crippen LogP contribution in [0.2, 0.25) is 0 Å². The SMILES string of the molecule is Cc1cc(C(=O)N2CCC(O)(CN3CCOCC3)C2)c(=O)[nH]c1C. The van der Waals surface area contributed by atoms with Crippen LogP contribution < -0.4 is 5.56 Å². The summed E-state index contributed by atoms with van der Waals surface area (Å²) < 4.78 is 5.32. The predicted octanol–water partition coefficient (Wildman–Crippen LogP) is -0.0991. The van der Waals surface area contributed by atoms with E-state index in [0.717, 1.165) is 24.3 Å². The summed E-state index contributed by atoms with van der Waals surface area (Å²) in [6, 6.07) is 1.63. The van der Waals surface area contributed by atoms with Crippen molar-refractivity contribution in [3.05, 3.63) is 33.2 Å². The number of aromatic amines is 1. The van der Waals surface area contributed by atoms with Crippen molar-refractivity contribution in [2.45, 2.75) is 25.9 Å². The number of aromatic nitrogens is 1. The Labute approximate surface area is 141 Å². The highest BCUT2D eigenvalue weighted by molar-refractivity contribution is 5.94. The normalized spacial score (nSPS) is 25.2. The van der Waals surface area contributed by atoms with Crippen molar-refractivity contribution < 1.29 is 14.6 Å². The lowest BCUT2D eigenvalue weighted by Gasteiger charge is -2.33. The molecule has 2 saturated heterocycles. The van der Waals surface area contributed by atoms with Crippen LogP contribution in [-0.4, -0.2) is 77.3 Å². The molecule has 3 heterocycles. The van der Waals surface area contributed by atoms with Crippen molar-refractivity contribution in [2.24, 2.45) is 0 Å². The lowest BCUT2D eigenvalue weighted by Crippen LogP contribution is -2.49. The van der Waals surface area contributed by atoms with E-state index in [1.165, 1.54) is 0 Å². The molecule has 1 unspecified atom stereocenters. The lowest BCUT2D eigenvalue weighted by molar-refractivity contribution is -0.0257. The molecule has 0 spiro atoms. The van der Waals surface area contributed by atoms with Gasteiger partial charge in [-0.15, -0.1) is 0 Å². The maximum Gasteiger partial charge on any atom is 0.261 e. The Hall–Kier alpha value is -1.70. The molecule has 0 saturated carbocycles. The Balaban J connectivity index is 1.69. The predicted molar refractivity (Wildman–Crippen MR) is 89.3 cm³/mol. The Kier molecular flexibility index (Phi) is 4.76. The average Bonchev–Trinajstić information content (AvgIpc) is 2.93. The van der Waals surface area contributed by atoms with Crippen molar-refractivity contribution in [2.75, 3.05) is 45.9 Å². The minimum atomic E-state index is -0.917. The summed E-state index contributed by atoms with van der Waals surface area (Å²) in [6.07, 6.45) is 0.527. The number of H-pyrrole nitrogens is 1. The number of pyridine rings is 1. The van der Waals surface area contributed by atoms with Gasteiger partial charge in [0.2, 0.25) is 0 Å². The lowest BCUT2D eigenvalue weighted by atomic mass is 10.0.